The molecule has 0 aliphatic heterocycles. The van der Waals surface area contributed by atoms with Crippen LogP contribution in [-0.2, 0) is 4.79 Å². The molecule has 3 aromatic carbocycles. The molecule has 0 spiro atoms. The van der Waals surface area contributed by atoms with Gasteiger partial charge in [0.15, 0.2) is 0 Å². The smallest absolute Gasteiger partial charge is 0.270 e. The van der Waals surface area contributed by atoms with Gasteiger partial charge in [-0.2, -0.15) is 0 Å². The van der Waals surface area contributed by atoms with E-state index in [1.807, 2.05) is 48.5 Å². The maximum absolute atomic E-state index is 13.1. The molecule has 1 unspecified atom stereocenters. The number of hydrogen-bond acceptors (Lipinski definition) is 4. The normalized spacial score (nSPS) is 11.2. The van der Waals surface area contributed by atoms with Crippen LogP contribution in [0.25, 0.3) is 0 Å². The van der Waals surface area contributed by atoms with Gasteiger partial charge in [0.2, 0.25) is 6.10 Å². The summed E-state index contributed by atoms with van der Waals surface area (Å²) >= 11 is 0. The summed E-state index contributed by atoms with van der Waals surface area (Å²) in [5.74, 6) is -0.0406. The third kappa shape index (κ3) is 5.37. The summed E-state index contributed by atoms with van der Waals surface area (Å²) in [6.07, 6.45) is 2.35. The van der Waals surface area contributed by atoms with Crippen LogP contribution in [0.1, 0.15) is 22.0 Å². The van der Waals surface area contributed by atoms with Gasteiger partial charge in [-0.3, -0.25) is 14.6 Å². The molecule has 32 heavy (non-hydrogen) atoms. The molecule has 0 aliphatic carbocycles. The maximum atomic E-state index is 13.1. The maximum Gasteiger partial charge on any atom is 0.270 e. The third-order valence-electron chi connectivity index (χ3n) is 4.67. The zero-order chi connectivity index (χ0) is 22.2. The first-order chi connectivity index (χ1) is 15.7. The lowest BCUT2D eigenvalue weighted by Crippen LogP contribution is -2.26. The molecule has 1 aromatic heterocycles. The Bertz CT molecular complexity index is 1180. The average Bonchev–Trinajstić information content (AvgIpc) is 2.84. The Labute approximate surface area is 185 Å². The highest BCUT2D eigenvalue weighted by atomic mass is 16.5. The van der Waals surface area contributed by atoms with E-state index in [2.05, 4.69) is 15.6 Å². The first-order valence-corrected chi connectivity index (χ1v) is 10.1. The van der Waals surface area contributed by atoms with E-state index in [1.165, 1.54) is 0 Å². The van der Waals surface area contributed by atoms with Crippen molar-refractivity contribution in [3.63, 3.8) is 0 Å². The second-order valence-corrected chi connectivity index (χ2v) is 6.98. The summed E-state index contributed by atoms with van der Waals surface area (Å²) in [6.45, 7) is 0. The predicted molar refractivity (Wildman–Crippen MR) is 124 cm³/mol. The van der Waals surface area contributed by atoms with Crippen LogP contribution in [0.3, 0.4) is 0 Å². The predicted octanol–water partition coefficient (Wildman–Crippen LogP) is 5.09. The van der Waals surface area contributed by atoms with Crippen LogP contribution in [0.5, 0.6) is 5.75 Å². The largest absolute Gasteiger partial charge is 0.476 e. The minimum absolute atomic E-state index is 0.285. The molecule has 4 aromatic rings. The molecule has 6 nitrogen and oxygen atoms in total. The quantitative estimate of drug-likeness (QED) is 0.434. The molecule has 0 saturated heterocycles. The summed E-state index contributed by atoms with van der Waals surface area (Å²) in [4.78, 5) is 29.7. The Morgan fingerprint density at radius 1 is 0.719 bits per heavy atom. The fourth-order valence-electron chi connectivity index (χ4n) is 3.12. The number of nitrogens with zero attached hydrogens (tertiary/aromatic N) is 1. The number of anilines is 2. The second-order valence-electron chi connectivity index (χ2n) is 6.98. The van der Waals surface area contributed by atoms with Gasteiger partial charge in [0.25, 0.3) is 11.8 Å². The van der Waals surface area contributed by atoms with E-state index in [-0.39, 0.29) is 11.8 Å². The highest BCUT2D eigenvalue weighted by molar-refractivity contribution is 6.05. The molecule has 6 heteroatoms. The van der Waals surface area contributed by atoms with Crippen molar-refractivity contribution in [2.75, 3.05) is 10.6 Å². The molecule has 0 radical (unpaired) electrons. The van der Waals surface area contributed by atoms with Gasteiger partial charge in [-0.1, -0.05) is 54.6 Å². The van der Waals surface area contributed by atoms with Gasteiger partial charge in [0.05, 0.1) is 0 Å². The zero-order valence-corrected chi connectivity index (χ0v) is 17.1. The Balaban J connectivity index is 1.52. The van der Waals surface area contributed by atoms with Crippen LogP contribution in [0.2, 0.25) is 0 Å². The van der Waals surface area contributed by atoms with E-state index in [0.29, 0.717) is 22.7 Å². The Morgan fingerprint density at radius 3 is 2.12 bits per heavy atom. The van der Waals surface area contributed by atoms with Crippen molar-refractivity contribution in [2.24, 2.45) is 0 Å². The number of carbonyl (C=O) groups is 2. The highest BCUT2D eigenvalue weighted by Crippen LogP contribution is 2.24. The van der Waals surface area contributed by atoms with E-state index in [0.717, 1.165) is 5.56 Å². The molecule has 0 saturated carbocycles. The van der Waals surface area contributed by atoms with Gasteiger partial charge in [0, 0.05) is 34.9 Å². The number of amides is 2. The lowest BCUT2D eigenvalue weighted by molar-refractivity contribution is -0.123. The molecule has 0 aliphatic rings. The third-order valence-corrected chi connectivity index (χ3v) is 4.67. The van der Waals surface area contributed by atoms with E-state index in [1.54, 1.807) is 60.9 Å². The van der Waals surface area contributed by atoms with Crippen LogP contribution in [0.4, 0.5) is 11.4 Å². The minimum atomic E-state index is -0.854. The number of ether oxygens (including phenoxy) is 1. The SMILES string of the molecule is O=C(Nc1ccncc1)c1cccc(NC(=O)C(Oc2ccccc2)c2ccccc2)c1. The summed E-state index contributed by atoms with van der Waals surface area (Å²) in [5.41, 5.74) is 2.27. The van der Waals surface area contributed by atoms with Crippen molar-refractivity contribution >= 4 is 23.2 Å². The molecular weight excluding hydrogens is 402 g/mol. The number of carbonyl (C=O) groups excluding carboxylic acids is 2. The number of benzene rings is 3. The van der Waals surface area contributed by atoms with Crippen LogP contribution < -0.4 is 15.4 Å². The van der Waals surface area contributed by atoms with Crippen molar-refractivity contribution < 1.29 is 14.3 Å². The summed E-state index contributed by atoms with van der Waals surface area (Å²) in [6, 6.07) is 28.6. The van der Waals surface area contributed by atoms with Gasteiger partial charge in [-0.25, -0.2) is 0 Å². The lowest BCUT2D eigenvalue weighted by Gasteiger charge is -2.19. The Hall–Kier alpha value is -4.45. The van der Waals surface area contributed by atoms with Crippen molar-refractivity contribution in [1.82, 2.24) is 4.98 Å². The van der Waals surface area contributed by atoms with E-state index < -0.39 is 6.10 Å². The Morgan fingerprint density at radius 2 is 1.41 bits per heavy atom. The fourth-order valence-corrected chi connectivity index (χ4v) is 3.12. The van der Waals surface area contributed by atoms with Crippen molar-refractivity contribution in [3.8, 4) is 5.75 Å². The van der Waals surface area contributed by atoms with Gasteiger partial charge in [0.1, 0.15) is 5.75 Å². The number of aromatic nitrogens is 1. The number of para-hydroxylation sites is 1. The zero-order valence-electron chi connectivity index (χ0n) is 17.1. The summed E-state index contributed by atoms with van der Waals surface area (Å²) < 4.78 is 5.99. The molecule has 4 rings (SSSR count). The fraction of sp³-hybridized carbons (Fsp3) is 0.0385. The summed E-state index contributed by atoms with van der Waals surface area (Å²) in [5, 5.41) is 5.67. The van der Waals surface area contributed by atoms with Crippen LogP contribution in [-0.4, -0.2) is 16.8 Å². The van der Waals surface area contributed by atoms with Crippen LogP contribution in [0.15, 0.2) is 109 Å². The van der Waals surface area contributed by atoms with E-state index >= 15 is 0 Å². The van der Waals surface area contributed by atoms with Crippen molar-refractivity contribution in [2.45, 2.75) is 6.10 Å². The topological polar surface area (TPSA) is 80.3 Å². The number of pyridine rings is 1. The second kappa shape index (κ2) is 10.0. The molecule has 2 N–H and O–H groups in total. The van der Waals surface area contributed by atoms with Crippen molar-refractivity contribution in [3.05, 3.63) is 121 Å². The Kier molecular flexibility index (Phi) is 6.53. The molecule has 1 atom stereocenters. The number of rotatable bonds is 7. The van der Waals surface area contributed by atoms with Gasteiger partial charge < -0.3 is 15.4 Å². The number of nitrogens with one attached hydrogen (secondary N) is 2. The molecular formula is C26H21N3O3. The average molecular weight is 423 g/mol. The first kappa shape index (κ1) is 20.8. The van der Waals surface area contributed by atoms with E-state index in [4.69, 9.17) is 4.74 Å². The molecule has 158 valence electrons. The molecule has 1 heterocycles. The van der Waals surface area contributed by atoms with E-state index in [9.17, 15) is 9.59 Å². The van der Waals surface area contributed by atoms with Gasteiger partial charge in [-0.05, 0) is 42.5 Å². The first-order valence-electron chi connectivity index (χ1n) is 10.1. The molecule has 0 bridgehead atoms. The summed E-state index contributed by atoms with van der Waals surface area (Å²) in [7, 11) is 0. The van der Waals surface area contributed by atoms with Crippen molar-refractivity contribution in [1.29, 1.82) is 0 Å². The van der Waals surface area contributed by atoms with Gasteiger partial charge >= 0.3 is 0 Å². The van der Waals surface area contributed by atoms with Gasteiger partial charge in [-0.15, -0.1) is 0 Å². The lowest BCUT2D eigenvalue weighted by atomic mass is 10.1. The standard InChI is InChI=1S/C26H21N3O3/c30-25(28-21-14-16-27-17-15-21)20-10-7-11-22(18-20)29-26(31)24(19-8-3-1-4-9-19)32-23-12-5-2-6-13-23/h1-18,24H,(H,29,31)(H,27,28,30). The molecule has 2 amide bonds. The van der Waals surface area contributed by atoms with Crippen LogP contribution in [0, 0.1) is 0 Å². The number of hydrogen-bond donors (Lipinski definition) is 2. The highest BCUT2D eigenvalue weighted by Gasteiger charge is 2.23. The molecule has 0 fully saturated rings. The van der Waals surface area contributed by atoms with Crippen LogP contribution >= 0.6 is 0 Å². The minimum Gasteiger partial charge on any atom is -0.476 e. The monoisotopic (exact) mass is 423 g/mol.